The third-order valence-corrected chi connectivity index (χ3v) is 3.94. The van der Waals surface area contributed by atoms with E-state index in [1.807, 2.05) is 30.3 Å². The molecule has 0 amide bonds. The maximum absolute atomic E-state index is 5.94. The van der Waals surface area contributed by atoms with Gasteiger partial charge in [0, 0.05) is 25.8 Å². The van der Waals surface area contributed by atoms with Gasteiger partial charge in [-0.2, -0.15) is 0 Å². The zero-order valence-corrected chi connectivity index (χ0v) is 12.1. The summed E-state index contributed by atoms with van der Waals surface area (Å²) < 4.78 is 1.01. The highest BCUT2D eigenvalue weighted by molar-refractivity contribution is 9.10. The van der Waals surface area contributed by atoms with Crippen LogP contribution in [0.2, 0.25) is 5.02 Å². The molecule has 88 valence electrons. The van der Waals surface area contributed by atoms with Crippen molar-refractivity contribution in [3.8, 4) is 0 Å². The van der Waals surface area contributed by atoms with E-state index < -0.39 is 0 Å². The molecule has 0 saturated heterocycles. The molecule has 2 aromatic carbocycles. The number of nitrogens with two attached hydrogens (primary N) is 1. The smallest absolute Gasteiger partial charge is 0.0417 e. The number of nitrogen functional groups attached to an aromatic ring is 1. The molecular formula is C13H11BrClNS. The molecule has 0 saturated carbocycles. The topological polar surface area (TPSA) is 26.0 Å². The zero-order chi connectivity index (χ0) is 12.3. The molecule has 0 aromatic heterocycles. The Bertz CT molecular complexity index is 510. The lowest BCUT2D eigenvalue weighted by atomic mass is 10.2. The summed E-state index contributed by atoms with van der Waals surface area (Å²) in [7, 11) is 0. The number of thioether (sulfide) groups is 1. The molecule has 4 heteroatoms. The summed E-state index contributed by atoms with van der Waals surface area (Å²) in [6, 6.07) is 13.8. The summed E-state index contributed by atoms with van der Waals surface area (Å²) in [5.41, 5.74) is 7.77. The number of hydrogen-bond donors (Lipinski definition) is 1. The Labute approximate surface area is 118 Å². The van der Waals surface area contributed by atoms with Gasteiger partial charge in [-0.15, -0.1) is 11.8 Å². The molecule has 2 rings (SSSR count). The maximum Gasteiger partial charge on any atom is 0.0417 e. The minimum absolute atomic E-state index is 0.767. The van der Waals surface area contributed by atoms with E-state index >= 15 is 0 Å². The molecule has 0 spiro atoms. The van der Waals surface area contributed by atoms with Crippen LogP contribution in [0.1, 0.15) is 5.56 Å². The Morgan fingerprint density at radius 2 is 2.00 bits per heavy atom. The second-order valence-corrected chi connectivity index (χ2v) is 6.04. The Morgan fingerprint density at radius 1 is 1.18 bits per heavy atom. The first-order valence-electron chi connectivity index (χ1n) is 5.07. The first-order valence-corrected chi connectivity index (χ1v) is 7.22. The quantitative estimate of drug-likeness (QED) is 0.635. The molecule has 0 unspecified atom stereocenters. The lowest BCUT2D eigenvalue weighted by Gasteiger charge is -2.04. The standard InChI is InChI=1S/C13H11BrClNS/c14-10-4-9(5-12(16)6-10)8-17-13-3-1-2-11(15)7-13/h1-7H,8,16H2. The van der Waals surface area contributed by atoms with Crippen LogP contribution in [-0.4, -0.2) is 0 Å². The fourth-order valence-electron chi connectivity index (χ4n) is 1.48. The lowest BCUT2D eigenvalue weighted by molar-refractivity contribution is 1.37. The molecule has 2 N–H and O–H groups in total. The normalized spacial score (nSPS) is 10.5. The molecule has 0 radical (unpaired) electrons. The zero-order valence-electron chi connectivity index (χ0n) is 8.99. The van der Waals surface area contributed by atoms with Crippen molar-refractivity contribution in [1.82, 2.24) is 0 Å². The van der Waals surface area contributed by atoms with Gasteiger partial charge in [0.2, 0.25) is 0 Å². The van der Waals surface area contributed by atoms with Gasteiger partial charge in [0.15, 0.2) is 0 Å². The maximum atomic E-state index is 5.94. The number of benzene rings is 2. The van der Waals surface area contributed by atoms with Crippen LogP contribution >= 0.6 is 39.3 Å². The number of halogens is 2. The van der Waals surface area contributed by atoms with Crippen molar-refractivity contribution in [2.24, 2.45) is 0 Å². The second-order valence-electron chi connectivity index (χ2n) is 3.64. The summed E-state index contributed by atoms with van der Waals surface area (Å²) in [5.74, 6) is 0.879. The van der Waals surface area contributed by atoms with Gasteiger partial charge in [0.05, 0.1) is 0 Å². The SMILES string of the molecule is Nc1cc(Br)cc(CSc2cccc(Cl)c2)c1. The van der Waals surface area contributed by atoms with E-state index in [-0.39, 0.29) is 0 Å². The van der Waals surface area contributed by atoms with Crippen LogP contribution in [0.3, 0.4) is 0 Å². The lowest BCUT2D eigenvalue weighted by Crippen LogP contribution is -1.88. The largest absolute Gasteiger partial charge is 0.399 e. The molecule has 0 heterocycles. The summed E-state index contributed by atoms with van der Waals surface area (Å²) in [6.45, 7) is 0. The summed E-state index contributed by atoms with van der Waals surface area (Å²) >= 11 is 11.1. The minimum Gasteiger partial charge on any atom is -0.399 e. The van der Waals surface area contributed by atoms with E-state index in [1.165, 1.54) is 5.56 Å². The van der Waals surface area contributed by atoms with Gasteiger partial charge in [-0.05, 0) is 42.0 Å². The number of rotatable bonds is 3. The van der Waals surface area contributed by atoms with Crippen molar-refractivity contribution in [3.63, 3.8) is 0 Å². The molecular weight excluding hydrogens is 318 g/mol. The minimum atomic E-state index is 0.767. The molecule has 0 aliphatic rings. The summed E-state index contributed by atoms with van der Waals surface area (Å²) in [5, 5.41) is 0.767. The van der Waals surface area contributed by atoms with Gasteiger partial charge >= 0.3 is 0 Å². The van der Waals surface area contributed by atoms with Gasteiger partial charge in [-0.3, -0.25) is 0 Å². The molecule has 0 bridgehead atoms. The van der Waals surface area contributed by atoms with Crippen LogP contribution in [0.15, 0.2) is 51.8 Å². The van der Waals surface area contributed by atoms with Crippen molar-refractivity contribution in [2.75, 3.05) is 5.73 Å². The van der Waals surface area contributed by atoms with Crippen molar-refractivity contribution in [2.45, 2.75) is 10.6 Å². The first-order chi connectivity index (χ1) is 8.13. The molecule has 0 aliphatic heterocycles. The van der Waals surface area contributed by atoms with Crippen LogP contribution in [0, 0.1) is 0 Å². The Kier molecular flexibility index (Phi) is 4.37. The highest BCUT2D eigenvalue weighted by atomic mass is 79.9. The molecule has 2 aromatic rings. The van der Waals surface area contributed by atoms with Gasteiger partial charge in [0.1, 0.15) is 0 Å². The van der Waals surface area contributed by atoms with E-state index in [0.29, 0.717) is 0 Å². The first kappa shape index (κ1) is 12.8. The molecule has 0 atom stereocenters. The summed E-state index contributed by atoms with van der Waals surface area (Å²) in [4.78, 5) is 1.16. The van der Waals surface area contributed by atoms with Gasteiger partial charge in [-0.25, -0.2) is 0 Å². The number of hydrogen-bond acceptors (Lipinski definition) is 2. The fourth-order valence-corrected chi connectivity index (χ4v) is 3.18. The van der Waals surface area contributed by atoms with Crippen LogP contribution < -0.4 is 5.73 Å². The fraction of sp³-hybridized carbons (Fsp3) is 0.0769. The Hall–Kier alpha value is -0.640. The van der Waals surface area contributed by atoms with Crippen LogP contribution in [-0.2, 0) is 5.75 Å². The van der Waals surface area contributed by atoms with Gasteiger partial charge < -0.3 is 5.73 Å². The molecule has 1 nitrogen and oxygen atoms in total. The predicted molar refractivity (Wildman–Crippen MR) is 79.6 cm³/mol. The van der Waals surface area contributed by atoms with Crippen molar-refractivity contribution in [3.05, 3.63) is 57.5 Å². The highest BCUT2D eigenvalue weighted by Gasteiger charge is 2.00. The van der Waals surface area contributed by atoms with E-state index in [1.54, 1.807) is 11.8 Å². The van der Waals surface area contributed by atoms with E-state index in [4.69, 9.17) is 17.3 Å². The van der Waals surface area contributed by atoms with Crippen molar-refractivity contribution >= 4 is 45.0 Å². The third-order valence-electron chi connectivity index (χ3n) is 2.18. The van der Waals surface area contributed by atoms with E-state index in [2.05, 4.69) is 28.1 Å². The molecule has 0 fully saturated rings. The average Bonchev–Trinajstić information content (AvgIpc) is 2.25. The van der Waals surface area contributed by atoms with E-state index in [0.717, 1.165) is 25.8 Å². The highest BCUT2D eigenvalue weighted by Crippen LogP contribution is 2.27. The van der Waals surface area contributed by atoms with Crippen LogP contribution in [0.4, 0.5) is 5.69 Å². The average molecular weight is 329 g/mol. The summed E-state index contributed by atoms with van der Waals surface area (Å²) in [6.07, 6.45) is 0. The number of anilines is 1. The Balaban J connectivity index is 2.07. The van der Waals surface area contributed by atoms with Gasteiger partial charge in [0.25, 0.3) is 0 Å². The monoisotopic (exact) mass is 327 g/mol. The third kappa shape index (κ3) is 3.95. The predicted octanol–water partition coefficient (Wildman–Crippen LogP) is 4.98. The van der Waals surface area contributed by atoms with Crippen molar-refractivity contribution < 1.29 is 0 Å². The Morgan fingerprint density at radius 3 is 2.71 bits per heavy atom. The van der Waals surface area contributed by atoms with E-state index in [9.17, 15) is 0 Å². The van der Waals surface area contributed by atoms with Crippen LogP contribution in [0.5, 0.6) is 0 Å². The van der Waals surface area contributed by atoms with Crippen molar-refractivity contribution in [1.29, 1.82) is 0 Å². The van der Waals surface area contributed by atoms with Gasteiger partial charge in [-0.1, -0.05) is 33.6 Å². The second kappa shape index (κ2) is 5.80. The van der Waals surface area contributed by atoms with Crippen LogP contribution in [0.25, 0.3) is 0 Å². The molecule has 17 heavy (non-hydrogen) atoms. The molecule has 0 aliphatic carbocycles.